The zero-order chi connectivity index (χ0) is 15.7. The van der Waals surface area contributed by atoms with E-state index < -0.39 is 0 Å². The third kappa shape index (κ3) is 6.90. The minimum absolute atomic E-state index is 0.00456. The normalized spacial score (nSPS) is 11.8. The standard InChI is InChI=1S/C16H23NO4/c1-12(11-20-3)17-16(19)5-4-10-21-15-8-6-14(7-9-15)13(2)18/h6-9,12H,4-5,10-11H2,1-3H3,(H,17,19). The van der Waals surface area contributed by atoms with Crippen LogP contribution in [0.3, 0.4) is 0 Å². The van der Waals surface area contributed by atoms with E-state index in [-0.39, 0.29) is 17.7 Å². The van der Waals surface area contributed by atoms with Crippen LogP contribution in [-0.4, -0.2) is 38.1 Å². The third-order valence-electron chi connectivity index (χ3n) is 2.90. The number of amides is 1. The van der Waals surface area contributed by atoms with Gasteiger partial charge in [-0.2, -0.15) is 0 Å². The Morgan fingerprint density at radius 1 is 1.24 bits per heavy atom. The molecule has 0 aromatic heterocycles. The average molecular weight is 293 g/mol. The smallest absolute Gasteiger partial charge is 0.220 e. The SMILES string of the molecule is COCC(C)NC(=O)CCCOc1ccc(C(C)=O)cc1. The molecule has 5 heteroatoms. The summed E-state index contributed by atoms with van der Waals surface area (Å²) in [6.45, 7) is 4.39. The Kier molecular flexibility index (Phi) is 7.46. The monoisotopic (exact) mass is 293 g/mol. The van der Waals surface area contributed by atoms with Gasteiger partial charge in [-0.25, -0.2) is 0 Å². The van der Waals surface area contributed by atoms with Crippen molar-refractivity contribution in [1.29, 1.82) is 0 Å². The molecule has 0 aliphatic carbocycles. The summed E-state index contributed by atoms with van der Waals surface area (Å²) in [5.41, 5.74) is 0.661. The maximum Gasteiger partial charge on any atom is 0.220 e. The quantitative estimate of drug-likeness (QED) is 0.560. The highest BCUT2D eigenvalue weighted by atomic mass is 16.5. The van der Waals surface area contributed by atoms with Crippen LogP contribution >= 0.6 is 0 Å². The first-order valence-corrected chi connectivity index (χ1v) is 7.05. The molecule has 0 saturated heterocycles. The van der Waals surface area contributed by atoms with Gasteiger partial charge >= 0.3 is 0 Å². The van der Waals surface area contributed by atoms with E-state index in [0.717, 1.165) is 0 Å². The fourth-order valence-corrected chi connectivity index (χ4v) is 1.85. The Labute approximate surface area is 125 Å². The molecule has 1 atom stereocenters. The van der Waals surface area contributed by atoms with E-state index in [1.165, 1.54) is 6.92 Å². The largest absolute Gasteiger partial charge is 0.494 e. The van der Waals surface area contributed by atoms with Crippen molar-refractivity contribution < 1.29 is 19.1 Å². The van der Waals surface area contributed by atoms with Crippen LogP contribution in [0.1, 0.15) is 37.0 Å². The number of carbonyl (C=O) groups excluding carboxylic acids is 2. The topological polar surface area (TPSA) is 64.6 Å². The van der Waals surface area contributed by atoms with Crippen LogP contribution < -0.4 is 10.1 Å². The van der Waals surface area contributed by atoms with E-state index in [1.54, 1.807) is 31.4 Å². The second kappa shape index (κ2) is 9.13. The van der Waals surface area contributed by atoms with E-state index >= 15 is 0 Å². The van der Waals surface area contributed by atoms with Crippen LogP contribution in [0.15, 0.2) is 24.3 Å². The Bertz CT molecular complexity index is 456. The van der Waals surface area contributed by atoms with E-state index in [1.807, 2.05) is 6.92 Å². The summed E-state index contributed by atoms with van der Waals surface area (Å²) >= 11 is 0. The molecule has 0 radical (unpaired) electrons. The van der Waals surface area contributed by atoms with Gasteiger partial charge < -0.3 is 14.8 Å². The van der Waals surface area contributed by atoms with Crippen molar-refractivity contribution in [1.82, 2.24) is 5.32 Å². The molecule has 0 aliphatic rings. The summed E-state index contributed by atoms with van der Waals surface area (Å²) in [6.07, 6.45) is 1.06. The maximum atomic E-state index is 11.6. The predicted octanol–water partition coefficient (Wildman–Crippen LogP) is 2.20. The molecule has 21 heavy (non-hydrogen) atoms. The Hall–Kier alpha value is -1.88. The van der Waals surface area contributed by atoms with Crippen LogP contribution in [0.25, 0.3) is 0 Å². The lowest BCUT2D eigenvalue weighted by Crippen LogP contribution is -2.35. The van der Waals surface area contributed by atoms with Crippen molar-refractivity contribution in [2.45, 2.75) is 32.7 Å². The molecule has 1 unspecified atom stereocenters. The second-order valence-electron chi connectivity index (χ2n) is 4.96. The first kappa shape index (κ1) is 17.2. The Balaban J connectivity index is 2.21. The number of nitrogens with one attached hydrogen (secondary N) is 1. The van der Waals surface area contributed by atoms with Gasteiger partial charge in [0.25, 0.3) is 0 Å². The lowest BCUT2D eigenvalue weighted by molar-refractivity contribution is -0.122. The lowest BCUT2D eigenvalue weighted by Gasteiger charge is -2.12. The van der Waals surface area contributed by atoms with Crippen molar-refractivity contribution in [2.24, 2.45) is 0 Å². The molecular weight excluding hydrogens is 270 g/mol. The first-order chi connectivity index (χ1) is 10.0. The van der Waals surface area contributed by atoms with Crippen molar-refractivity contribution in [3.8, 4) is 5.75 Å². The highest BCUT2D eigenvalue weighted by Gasteiger charge is 2.06. The summed E-state index contributed by atoms with van der Waals surface area (Å²) in [5.74, 6) is 0.728. The minimum atomic E-state index is -0.00456. The van der Waals surface area contributed by atoms with Gasteiger partial charge in [-0.1, -0.05) is 0 Å². The van der Waals surface area contributed by atoms with Crippen LogP contribution in [0.4, 0.5) is 0 Å². The Morgan fingerprint density at radius 3 is 2.48 bits per heavy atom. The van der Waals surface area contributed by atoms with Gasteiger partial charge in [0.1, 0.15) is 5.75 Å². The number of hydrogen-bond donors (Lipinski definition) is 1. The molecule has 1 rings (SSSR count). The van der Waals surface area contributed by atoms with Gasteiger partial charge in [0.15, 0.2) is 5.78 Å². The van der Waals surface area contributed by atoms with E-state index in [0.29, 0.717) is 37.4 Å². The number of Topliss-reactive ketones (excluding diaryl/α,β-unsaturated/α-hetero) is 1. The molecule has 0 heterocycles. The number of rotatable bonds is 9. The maximum absolute atomic E-state index is 11.6. The van der Waals surface area contributed by atoms with Gasteiger partial charge in [-0.05, 0) is 44.5 Å². The third-order valence-corrected chi connectivity index (χ3v) is 2.90. The fourth-order valence-electron chi connectivity index (χ4n) is 1.85. The number of methoxy groups -OCH3 is 1. The van der Waals surface area contributed by atoms with Crippen molar-refractivity contribution in [2.75, 3.05) is 20.3 Å². The summed E-state index contributed by atoms with van der Waals surface area (Å²) in [4.78, 5) is 22.7. The molecule has 5 nitrogen and oxygen atoms in total. The molecule has 0 aliphatic heterocycles. The molecule has 0 bridgehead atoms. The van der Waals surface area contributed by atoms with Crippen LogP contribution in [-0.2, 0) is 9.53 Å². The zero-order valence-electron chi connectivity index (χ0n) is 12.8. The van der Waals surface area contributed by atoms with Crippen molar-refractivity contribution in [3.63, 3.8) is 0 Å². The van der Waals surface area contributed by atoms with Crippen molar-refractivity contribution >= 4 is 11.7 Å². The van der Waals surface area contributed by atoms with E-state index in [9.17, 15) is 9.59 Å². The van der Waals surface area contributed by atoms with Gasteiger partial charge in [0.2, 0.25) is 5.91 Å². The summed E-state index contributed by atoms with van der Waals surface area (Å²) in [7, 11) is 1.61. The van der Waals surface area contributed by atoms with Gasteiger partial charge in [0, 0.05) is 25.1 Å². The predicted molar refractivity (Wildman–Crippen MR) is 80.7 cm³/mol. The van der Waals surface area contributed by atoms with E-state index in [4.69, 9.17) is 9.47 Å². The number of benzene rings is 1. The number of ketones is 1. The fraction of sp³-hybridized carbons (Fsp3) is 0.500. The van der Waals surface area contributed by atoms with Gasteiger partial charge in [-0.3, -0.25) is 9.59 Å². The summed E-state index contributed by atoms with van der Waals surface area (Å²) < 4.78 is 10.5. The van der Waals surface area contributed by atoms with Gasteiger partial charge in [0.05, 0.1) is 13.2 Å². The van der Waals surface area contributed by atoms with E-state index in [2.05, 4.69) is 5.32 Å². The van der Waals surface area contributed by atoms with Crippen molar-refractivity contribution in [3.05, 3.63) is 29.8 Å². The number of ether oxygens (including phenoxy) is 2. The molecule has 1 aromatic carbocycles. The average Bonchev–Trinajstić information content (AvgIpc) is 2.44. The molecule has 116 valence electrons. The number of carbonyl (C=O) groups is 2. The highest BCUT2D eigenvalue weighted by Crippen LogP contribution is 2.13. The first-order valence-electron chi connectivity index (χ1n) is 7.05. The summed E-state index contributed by atoms with van der Waals surface area (Å²) in [6, 6.07) is 7.00. The Morgan fingerprint density at radius 2 is 1.90 bits per heavy atom. The summed E-state index contributed by atoms with van der Waals surface area (Å²) in [5, 5.41) is 2.84. The molecule has 0 saturated carbocycles. The molecule has 1 amide bonds. The molecule has 1 aromatic rings. The molecule has 0 spiro atoms. The molecular formula is C16H23NO4. The van der Waals surface area contributed by atoms with Crippen LogP contribution in [0, 0.1) is 0 Å². The van der Waals surface area contributed by atoms with Crippen LogP contribution in [0.2, 0.25) is 0 Å². The molecule has 0 fully saturated rings. The highest BCUT2D eigenvalue weighted by molar-refractivity contribution is 5.94. The lowest BCUT2D eigenvalue weighted by atomic mass is 10.1. The zero-order valence-corrected chi connectivity index (χ0v) is 12.8. The molecule has 1 N–H and O–H groups in total. The minimum Gasteiger partial charge on any atom is -0.494 e. The number of hydrogen-bond acceptors (Lipinski definition) is 4. The second-order valence-corrected chi connectivity index (χ2v) is 4.96. The van der Waals surface area contributed by atoms with Gasteiger partial charge in [-0.15, -0.1) is 0 Å². The van der Waals surface area contributed by atoms with Crippen LogP contribution in [0.5, 0.6) is 5.75 Å².